The average molecular weight is 255 g/mol. The van der Waals surface area contributed by atoms with E-state index >= 15 is 0 Å². The van der Waals surface area contributed by atoms with Gasteiger partial charge in [-0.05, 0) is 0 Å². The average Bonchev–Trinajstić information content (AvgIpc) is 2.59. The Kier molecular flexibility index (Phi) is 4.48. The molecule has 92 valence electrons. The number of halogens is 3. The molecule has 0 aliphatic carbocycles. The van der Waals surface area contributed by atoms with E-state index in [0.29, 0.717) is 23.9 Å². The Morgan fingerprint density at radius 1 is 1.38 bits per heavy atom. The summed E-state index contributed by atoms with van der Waals surface area (Å²) in [6.07, 6.45) is -4.45. The van der Waals surface area contributed by atoms with Gasteiger partial charge in [0.2, 0.25) is 5.01 Å². The third-order valence-electron chi connectivity index (χ3n) is 1.53. The number of ether oxygens (including phenoxy) is 1. The minimum atomic E-state index is -4.45. The van der Waals surface area contributed by atoms with Crippen molar-refractivity contribution in [3.63, 3.8) is 0 Å². The molecule has 1 N–H and O–H groups in total. The van der Waals surface area contributed by atoms with Crippen LogP contribution in [0.1, 0.15) is 18.9 Å². The number of aromatic nitrogens is 2. The Balaban J connectivity index is 2.36. The maximum absolute atomic E-state index is 12.1. The standard InChI is InChI=1S/C8H12F3N3OS/c1-5(2)12-3-4-15-7-14-13-6(16-7)8(9,10)11/h5,12H,3-4H2,1-2H3. The minimum Gasteiger partial charge on any atom is -0.468 e. The number of nitrogens with one attached hydrogen (secondary N) is 1. The summed E-state index contributed by atoms with van der Waals surface area (Å²) in [6.45, 7) is 4.75. The van der Waals surface area contributed by atoms with Gasteiger partial charge >= 0.3 is 6.18 Å². The first kappa shape index (κ1) is 13.2. The van der Waals surface area contributed by atoms with Crippen molar-refractivity contribution in [2.75, 3.05) is 13.2 Å². The molecular formula is C8H12F3N3OS. The maximum Gasteiger partial charge on any atom is 0.445 e. The quantitative estimate of drug-likeness (QED) is 0.817. The molecule has 1 heterocycles. The summed E-state index contributed by atoms with van der Waals surface area (Å²) in [5, 5.41) is 8.31. The monoisotopic (exact) mass is 255 g/mol. The van der Waals surface area contributed by atoms with E-state index in [2.05, 4.69) is 15.5 Å². The largest absolute Gasteiger partial charge is 0.468 e. The molecule has 1 aromatic rings. The molecule has 0 amide bonds. The molecule has 0 fully saturated rings. The van der Waals surface area contributed by atoms with Gasteiger partial charge in [0.25, 0.3) is 5.19 Å². The summed E-state index contributed by atoms with van der Waals surface area (Å²) < 4.78 is 41.4. The van der Waals surface area contributed by atoms with Gasteiger partial charge in [0.1, 0.15) is 6.61 Å². The van der Waals surface area contributed by atoms with Crippen LogP contribution < -0.4 is 10.1 Å². The van der Waals surface area contributed by atoms with Gasteiger partial charge in [-0.1, -0.05) is 30.3 Å². The van der Waals surface area contributed by atoms with Crippen LogP contribution in [0.2, 0.25) is 0 Å². The van der Waals surface area contributed by atoms with E-state index < -0.39 is 11.2 Å². The zero-order valence-corrected chi connectivity index (χ0v) is 9.65. The highest BCUT2D eigenvalue weighted by Gasteiger charge is 2.35. The number of hydrogen-bond donors (Lipinski definition) is 1. The van der Waals surface area contributed by atoms with Crippen LogP contribution in [0, 0.1) is 0 Å². The van der Waals surface area contributed by atoms with Crippen molar-refractivity contribution in [2.45, 2.75) is 26.1 Å². The second-order valence-corrected chi connectivity index (χ2v) is 4.27. The van der Waals surface area contributed by atoms with E-state index in [9.17, 15) is 13.2 Å². The van der Waals surface area contributed by atoms with Gasteiger partial charge in [-0.25, -0.2) is 0 Å². The molecule has 16 heavy (non-hydrogen) atoms. The van der Waals surface area contributed by atoms with Crippen LogP contribution in [-0.2, 0) is 6.18 Å². The molecular weight excluding hydrogens is 243 g/mol. The lowest BCUT2D eigenvalue weighted by Gasteiger charge is -2.07. The van der Waals surface area contributed by atoms with Crippen LogP contribution in [0.25, 0.3) is 0 Å². The summed E-state index contributed by atoms with van der Waals surface area (Å²) in [4.78, 5) is 0. The van der Waals surface area contributed by atoms with Crippen molar-refractivity contribution in [3.8, 4) is 5.19 Å². The van der Waals surface area contributed by atoms with Crippen LogP contribution in [0.5, 0.6) is 5.19 Å². The van der Waals surface area contributed by atoms with Gasteiger partial charge in [0.05, 0.1) is 0 Å². The molecule has 8 heteroatoms. The van der Waals surface area contributed by atoms with E-state index in [4.69, 9.17) is 4.74 Å². The lowest BCUT2D eigenvalue weighted by molar-refractivity contribution is -0.138. The fraction of sp³-hybridized carbons (Fsp3) is 0.750. The highest BCUT2D eigenvalue weighted by Crippen LogP contribution is 2.33. The topological polar surface area (TPSA) is 47.0 Å². The first-order chi connectivity index (χ1) is 7.39. The smallest absolute Gasteiger partial charge is 0.445 e. The Hall–Kier alpha value is -0.890. The van der Waals surface area contributed by atoms with E-state index in [1.54, 1.807) is 0 Å². The number of alkyl halides is 3. The van der Waals surface area contributed by atoms with Crippen molar-refractivity contribution in [2.24, 2.45) is 0 Å². The highest BCUT2D eigenvalue weighted by atomic mass is 32.1. The molecule has 1 rings (SSSR count). The van der Waals surface area contributed by atoms with Gasteiger partial charge in [-0.2, -0.15) is 13.2 Å². The molecule has 1 aromatic heterocycles. The first-order valence-electron chi connectivity index (χ1n) is 4.66. The summed E-state index contributed by atoms with van der Waals surface area (Å²) in [6, 6.07) is 0.309. The fourth-order valence-corrected chi connectivity index (χ4v) is 1.46. The maximum atomic E-state index is 12.1. The summed E-state index contributed by atoms with van der Waals surface area (Å²) in [5.41, 5.74) is 0. The Morgan fingerprint density at radius 3 is 2.56 bits per heavy atom. The molecule has 0 aliphatic heterocycles. The molecule has 0 aliphatic rings. The molecule has 0 spiro atoms. The first-order valence-corrected chi connectivity index (χ1v) is 5.48. The minimum absolute atomic E-state index is 0.0575. The zero-order valence-electron chi connectivity index (χ0n) is 8.84. The Morgan fingerprint density at radius 2 is 2.06 bits per heavy atom. The van der Waals surface area contributed by atoms with Gasteiger partial charge in [-0.15, -0.1) is 5.10 Å². The lowest BCUT2D eigenvalue weighted by atomic mass is 10.4. The van der Waals surface area contributed by atoms with Crippen molar-refractivity contribution in [1.82, 2.24) is 15.5 Å². The highest BCUT2D eigenvalue weighted by molar-refractivity contribution is 7.13. The van der Waals surface area contributed by atoms with E-state index in [1.807, 2.05) is 13.8 Å². The third kappa shape index (κ3) is 4.31. The second kappa shape index (κ2) is 5.44. The van der Waals surface area contributed by atoms with Crippen molar-refractivity contribution in [3.05, 3.63) is 5.01 Å². The molecule has 0 unspecified atom stereocenters. The summed E-state index contributed by atoms with van der Waals surface area (Å²) in [7, 11) is 0. The molecule has 4 nitrogen and oxygen atoms in total. The van der Waals surface area contributed by atoms with Gasteiger partial charge in [0.15, 0.2) is 0 Å². The SMILES string of the molecule is CC(C)NCCOc1nnc(C(F)(F)F)s1. The Bertz CT molecular complexity index is 327. The molecule has 0 bridgehead atoms. The van der Waals surface area contributed by atoms with Gasteiger partial charge < -0.3 is 10.1 Å². The van der Waals surface area contributed by atoms with E-state index in [-0.39, 0.29) is 11.8 Å². The van der Waals surface area contributed by atoms with Crippen molar-refractivity contribution < 1.29 is 17.9 Å². The summed E-state index contributed by atoms with van der Waals surface area (Å²) >= 11 is 0.401. The van der Waals surface area contributed by atoms with Crippen molar-refractivity contribution >= 4 is 11.3 Å². The Labute approximate surface area is 94.8 Å². The van der Waals surface area contributed by atoms with Crippen LogP contribution in [0.15, 0.2) is 0 Å². The molecule has 0 saturated heterocycles. The van der Waals surface area contributed by atoms with Crippen LogP contribution >= 0.6 is 11.3 Å². The van der Waals surface area contributed by atoms with Gasteiger partial charge in [0, 0.05) is 12.6 Å². The zero-order chi connectivity index (χ0) is 12.2. The number of hydrogen-bond acceptors (Lipinski definition) is 5. The lowest BCUT2D eigenvalue weighted by Crippen LogP contribution is -2.27. The van der Waals surface area contributed by atoms with Crippen LogP contribution in [-0.4, -0.2) is 29.4 Å². The van der Waals surface area contributed by atoms with Crippen LogP contribution in [0.4, 0.5) is 13.2 Å². The number of rotatable bonds is 5. The fourth-order valence-electron chi connectivity index (χ4n) is 0.869. The third-order valence-corrected chi connectivity index (χ3v) is 2.41. The second-order valence-electron chi connectivity index (χ2n) is 3.33. The normalized spacial score (nSPS) is 12.1. The molecule has 0 radical (unpaired) electrons. The molecule has 0 atom stereocenters. The van der Waals surface area contributed by atoms with Crippen LogP contribution in [0.3, 0.4) is 0 Å². The predicted molar refractivity (Wildman–Crippen MR) is 53.5 cm³/mol. The van der Waals surface area contributed by atoms with Gasteiger partial charge in [-0.3, -0.25) is 0 Å². The summed E-state index contributed by atoms with van der Waals surface area (Å²) in [5.74, 6) is 0. The van der Waals surface area contributed by atoms with E-state index in [1.165, 1.54) is 0 Å². The van der Waals surface area contributed by atoms with Crippen molar-refractivity contribution in [1.29, 1.82) is 0 Å². The molecule has 0 aromatic carbocycles. The number of nitrogens with zero attached hydrogens (tertiary/aromatic N) is 2. The molecule has 0 saturated carbocycles. The predicted octanol–water partition coefficient (Wildman–Crippen LogP) is 1.93. The van der Waals surface area contributed by atoms with E-state index in [0.717, 1.165) is 0 Å².